The van der Waals surface area contributed by atoms with Crippen LogP contribution in [0, 0.1) is 19.8 Å². The van der Waals surface area contributed by atoms with E-state index in [4.69, 9.17) is 9.84 Å². The van der Waals surface area contributed by atoms with Crippen LogP contribution in [-0.2, 0) is 9.59 Å². The Labute approximate surface area is 124 Å². The Morgan fingerprint density at radius 3 is 2.86 bits per heavy atom. The second-order valence-electron chi connectivity index (χ2n) is 5.50. The van der Waals surface area contributed by atoms with Crippen LogP contribution < -0.4 is 4.74 Å². The molecular formula is C16H21NO4. The van der Waals surface area contributed by atoms with Gasteiger partial charge in [0.15, 0.2) is 6.61 Å². The lowest BCUT2D eigenvalue weighted by atomic mass is 9.98. The van der Waals surface area contributed by atoms with Gasteiger partial charge >= 0.3 is 5.97 Å². The standard InChI is InChI=1S/C16H21NO4/c1-11-5-3-7-14(12(11)2)21-10-15(18)17-8-4-6-13(9-17)16(19)20/h3,5,7,13H,4,6,8-10H2,1-2H3,(H,19,20)/t13-/m0/s1. The van der Waals surface area contributed by atoms with E-state index in [2.05, 4.69) is 0 Å². The molecule has 1 aliphatic heterocycles. The minimum atomic E-state index is -0.831. The van der Waals surface area contributed by atoms with Gasteiger partial charge in [0.05, 0.1) is 5.92 Å². The monoisotopic (exact) mass is 291 g/mol. The van der Waals surface area contributed by atoms with Crippen LogP contribution in [0.2, 0.25) is 0 Å². The third-order valence-electron chi connectivity index (χ3n) is 4.03. The molecule has 1 fully saturated rings. The molecule has 5 nitrogen and oxygen atoms in total. The van der Waals surface area contributed by atoms with Crippen LogP contribution in [0.4, 0.5) is 0 Å². The van der Waals surface area contributed by atoms with Gasteiger partial charge in [0.1, 0.15) is 5.75 Å². The zero-order valence-electron chi connectivity index (χ0n) is 12.5. The maximum absolute atomic E-state index is 12.1. The highest BCUT2D eigenvalue weighted by atomic mass is 16.5. The Balaban J connectivity index is 1.92. The van der Waals surface area contributed by atoms with Crippen LogP contribution in [0.15, 0.2) is 18.2 Å². The van der Waals surface area contributed by atoms with Crippen molar-refractivity contribution in [1.29, 1.82) is 0 Å². The van der Waals surface area contributed by atoms with Crippen LogP contribution in [0.25, 0.3) is 0 Å². The summed E-state index contributed by atoms with van der Waals surface area (Å²) in [6, 6.07) is 5.72. The summed E-state index contributed by atoms with van der Waals surface area (Å²) in [5.41, 5.74) is 2.14. The molecular weight excluding hydrogens is 270 g/mol. The molecule has 1 aromatic carbocycles. The van der Waals surface area contributed by atoms with Gasteiger partial charge < -0.3 is 14.7 Å². The van der Waals surface area contributed by atoms with Crippen molar-refractivity contribution < 1.29 is 19.4 Å². The second kappa shape index (κ2) is 6.61. The minimum Gasteiger partial charge on any atom is -0.483 e. The number of ether oxygens (including phenoxy) is 1. The van der Waals surface area contributed by atoms with Crippen molar-refractivity contribution >= 4 is 11.9 Å². The maximum atomic E-state index is 12.1. The van der Waals surface area contributed by atoms with E-state index < -0.39 is 11.9 Å². The van der Waals surface area contributed by atoms with Gasteiger partial charge in [-0.2, -0.15) is 0 Å². The fraction of sp³-hybridized carbons (Fsp3) is 0.500. The van der Waals surface area contributed by atoms with Gasteiger partial charge in [0.25, 0.3) is 5.91 Å². The summed E-state index contributed by atoms with van der Waals surface area (Å²) < 4.78 is 5.59. The van der Waals surface area contributed by atoms with Crippen molar-refractivity contribution in [1.82, 2.24) is 4.90 Å². The number of carbonyl (C=O) groups is 2. The summed E-state index contributed by atoms with van der Waals surface area (Å²) in [6.45, 7) is 4.79. The third kappa shape index (κ3) is 3.74. The first-order chi connectivity index (χ1) is 9.99. The highest BCUT2D eigenvalue weighted by molar-refractivity contribution is 5.79. The van der Waals surface area contributed by atoms with E-state index in [-0.39, 0.29) is 19.1 Å². The van der Waals surface area contributed by atoms with Gasteiger partial charge in [0, 0.05) is 13.1 Å². The fourth-order valence-corrected chi connectivity index (χ4v) is 2.52. The summed E-state index contributed by atoms with van der Waals surface area (Å²) >= 11 is 0. The topological polar surface area (TPSA) is 66.8 Å². The molecule has 1 saturated heterocycles. The number of carboxylic acids is 1. The molecule has 0 radical (unpaired) electrons. The van der Waals surface area contributed by atoms with Gasteiger partial charge in [-0.3, -0.25) is 9.59 Å². The largest absolute Gasteiger partial charge is 0.483 e. The average Bonchev–Trinajstić information content (AvgIpc) is 2.48. The number of piperidine rings is 1. The fourth-order valence-electron chi connectivity index (χ4n) is 2.52. The van der Waals surface area contributed by atoms with Crippen LogP contribution in [0.1, 0.15) is 24.0 Å². The summed E-state index contributed by atoms with van der Waals surface area (Å²) in [7, 11) is 0. The number of nitrogens with zero attached hydrogens (tertiary/aromatic N) is 1. The molecule has 21 heavy (non-hydrogen) atoms. The van der Waals surface area contributed by atoms with Gasteiger partial charge in [-0.1, -0.05) is 12.1 Å². The molecule has 0 aliphatic carbocycles. The molecule has 5 heteroatoms. The summed E-state index contributed by atoms with van der Waals surface area (Å²) in [5, 5.41) is 9.04. The number of hydrogen-bond acceptors (Lipinski definition) is 3. The average molecular weight is 291 g/mol. The quantitative estimate of drug-likeness (QED) is 0.921. The molecule has 0 spiro atoms. The third-order valence-corrected chi connectivity index (χ3v) is 4.03. The molecule has 1 atom stereocenters. The van der Waals surface area contributed by atoms with E-state index in [1.807, 2.05) is 32.0 Å². The van der Waals surface area contributed by atoms with Crippen LogP contribution in [-0.4, -0.2) is 41.6 Å². The number of aliphatic carboxylic acids is 1. The number of rotatable bonds is 4. The SMILES string of the molecule is Cc1cccc(OCC(=O)N2CCC[C@H](C(=O)O)C2)c1C. The van der Waals surface area contributed by atoms with Gasteiger partial charge in [-0.15, -0.1) is 0 Å². The predicted molar refractivity (Wildman–Crippen MR) is 78.4 cm³/mol. The first-order valence-electron chi connectivity index (χ1n) is 7.18. The Morgan fingerprint density at radius 2 is 2.14 bits per heavy atom. The van der Waals surface area contributed by atoms with E-state index in [0.717, 1.165) is 17.5 Å². The lowest BCUT2D eigenvalue weighted by molar-refractivity contribution is -0.146. The molecule has 1 amide bonds. The molecule has 0 bridgehead atoms. The van der Waals surface area contributed by atoms with Crippen LogP contribution in [0.3, 0.4) is 0 Å². The van der Waals surface area contributed by atoms with Gasteiger partial charge in [0.2, 0.25) is 0 Å². The molecule has 1 N–H and O–H groups in total. The first-order valence-corrected chi connectivity index (χ1v) is 7.18. The number of benzene rings is 1. The maximum Gasteiger partial charge on any atom is 0.308 e. The van der Waals surface area contributed by atoms with E-state index >= 15 is 0 Å². The van der Waals surface area contributed by atoms with Crippen LogP contribution >= 0.6 is 0 Å². The lowest BCUT2D eigenvalue weighted by Gasteiger charge is -2.30. The lowest BCUT2D eigenvalue weighted by Crippen LogP contribution is -2.44. The van der Waals surface area contributed by atoms with Crippen molar-refractivity contribution in [2.75, 3.05) is 19.7 Å². The molecule has 114 valence electrons. The number of hydrogen-bond donors (Lipinski definition) is 1. The van der Waals surface area contributed by atoms with Crippen molar-refractivity contribution in [3.05, 3.63) is 29.3 Å². The number of aryl methyl sites for hydroxylation is 1. The van der Waals surface area contributed by atoms with E-state index in [0.29, 0.717) is 18.7 Å². The molecule has 0 aromatic heterocycles. The predicted octanol–water partition coefficient (Wildman–Crippen LogP) is 2.01. The molecule has 1 heterocycles. The number of likely N-dealkylation sites (tertiary alicyclic amines) is 1. The highest BCUT2D eigenvalue weighted by Crippen LogP contribution is 2.21. The smallest absolute Gasteiger partial charge is 0.308 e. The van der Waals surface area contributed by atoms with Crippen molar-refractivity contribution in [3.8, 4) is 5.75 Å². The van der Waals surface area contributed by atoms with Crippen molar-refractivity contribution in [2.45, 2.75) is 26.7 Å². The number of amides is 1. The Morgan fingerprint density at radius 1 is 1.38 bits per heavy atom. The zero-order valence-corrected chi connectivity index (χ0v) is 12.5. The Bertz CT molecular complexity index is 541. The summed E-state index contributed by atoms with van der Waals surface area (Å²) in [6.07, 6.45) is 1.36. The molecule has 0 saturated carbocycles. The van der Waals surface area contributed by atoms with Crippen LogP contribution in [0.5, 0.6) is 5.75 Å². The Hall–Kier alpha value is -2.04. The summed E-state index contributed by atoms with van der Waals surface area (Å²) in [4.78, 5) is 24.7. The van der Waals surface area contributed by atoms with Crippen molar-refractivity contribution in [2.24, 2.45) is 5.92 Å². The molecule has 1 aromatic rings. The second-order valence-corrected chi connectivity index (χ2v) is 5.50. The van der Waals surface area contributed by atoms with E-state index in [1.54, 1.807) is 4.90 Å². The van der Waals surface area contributed by atoms with E-state index in [1.165, 1.54) is 0 Å². The zero-order chi connectivity index (χ0) is 15.4. The van der Waals surface area contributed by atoms with Crippen molar-refractivity contribution in [3.63, 3.8) is 0 Å². The number of carboxylic acid groups (broad SMARTS) is 1. The van der Waals surface area contributed by atoms with Gasteiger partial charge in [-0.25, -0.2) is 0 Å². The summed E-state index contributed by atoms with van der Waals surface area (Å²) in [5.74, 6) is -0.733. The van der Waals surface area contributed by atoms with Gasteiger partial charge in [-0.05, 0) is 43.9 Å². The molecule has 1 aliphatic rings. The number of carbonyl (C=O) groups excluding carboxylic acids is 1. The Kier molecular flexibility index (Phi) is 4.83. The normalized spacial score (nSPS) is 18.4. The van der Waals surface area contributed by atoms with E-state index in [9.17, 15) is 9.59 Å². The molecule has 2 rings (SSSR count). The first kappa shape index (κ1) is 15.4. The highest BCUT2D eigenvalue weighted by Gasteiger charge is 2.28. The minimum absolute atomic E-state index is 0.0450. The molecule has 0 unspecified atom stereocenters.